The second kappa shape index (κ2) is 7.38. The smallest absolute Gasteiger partial charge is 0.0845 e. The molecule has 0 fully saturated rings. The van der Waals surface area contributed by atoms with Gasteiger partial charge in [0.2, 0.25) is 0 Å². The van der Waals surface area contributed by atoms with Crippen molar-refractivity contribution in [1.82, 2.24) is 0 Å². The summed E-state index contributed by atoms with van der Waals surface area (Å²) >= 11 is 0. The molecule has 124 valence electrons. The summed E-state index contributed by atoms with van der Waals surface area (Å²) in [5.41, 5.74) is 2.08. The molecule has 0 bridgehead atoms. The maximum Gasteiger partial charge on any atom is 0.100 e. The molecule has 0 saturated heterocycles. The van der Waals surface area contributed by atoms with Crippen LogP contribution in [0.2, 0.25) is 0 Å². The molecule has 4 rings (SSSR count). The third-order valence-corrected chi connectivity index (χ3v) is 10.1. The normalized spacial score (nSPS) is 16.9. The molecule has 0 spiro atoms. The summed E-state index contributed by atoms with van der Waals surface area (Å²) < 4.78 is 0. The van der Waals surface area contributed by atoms with Gasteiger partial charge >= 0.3 is 0 Å². The highest BCUT2D eigenvalue weighted by Gasteiger charge is 2.49. The molecule has 25 heavy (non-hydrogen) atoms. The third-order valence-electron chi connectivity index (χ3n) is 5.26. The Morgan fingerprint density at radius 3 is 1.68 bits per heavy atom. The Labute approximate surface area is 151 Å². The summed E-state index contributed by atoms with van der Waals surface area (Å²) in [7, 11) is -1.56. The van der Waals surface area contributed by atoms with Gasteiger partial charge in [-0.25, -0.2) is 0 Å². The summed E-state index contributed by atoms with van der Waals surface area (Å²) in [6.45, 7) is 0. The van der Waals surface area contributed by atoms with Crippen LogP contribution in [0.25, 0.3) is 0 Å². The van der Waals surface area contributed by atoms with E-state index in [1.165, 1.54) is 29.0 Å². The summed E-state index contributed by atoms with van der Waals surface area (Å²) in [5, 5.41) is 3.06. The van der Waals surface area contributed by atoms with E-state index in [9.17, 15) is 0 Å². The minimum Gasteiger partial charge on any atom is -0.0845 e. The molecule has 0 unspecified atom stereocenters. The van der Waals surface area contributed by atoms with Crippen molar-refractivity contribution in [3.05, 3.63) is 109 Å². The van der Waals surface area contributed by atoms with Gasteiger partial charge in [0.15, 0.2) is 0 Å². The Bertz CT molecular complexity index is 782. The monoisotopic (exact) mass is 343 g/mol. The van der Waals surface area contributed by atoms with E-state index >= 15 is 0 Å². The molecule has 0 radical (unpaired) electrons. The lowest BCUT2D eigenvalue weighted by Crippen LogP contribution is -2.31. The molecule has 1 aliphatic rings. The van der Waals surface area contributed by atoms with Gasteiger partial charge in [0, 0.05) is 0 Å². The number of benzene rings is 3. The molecule has 1 heteroatoms. The lowest BCUT2D eigenvalue weighted by Gasteiger charge is -2.32. The zero-order chi connectivity index (χ0) is 17.0. The molecule has 1 atom stereocenters. The van der Waals surface area contributed by atoms with Crippen molar-refractivity contribution < 1.29 is 0 Å². The Balaban J connectivity index is 1.92. The van der Waals surface area contributed by atoms with Crippen LogP contribution in [-0.2, 0) is 6.16 Å². The predicted octanol–water partition coefficient (Wildman–Crippen LogP) is 5.57. The first kappa shape index (κ1) is 16.3. The van der Waals surface area contributed by atoms with Crippen LogP contribution >= 0.6 is 7.26 Å². The van der Waals surface area contributed by atoms with Gasteiger partial charge in [-0.2, -0.15) is 0 Å². The average Bonchev–Trinajstić information content (AvgIpc) is 3.23. The van der Waals surface area contributed by atoms with E-state index in [-0.39, 0.29) is 0 Å². The summed E-state index contributed by atoms with van der Waals surface area (Å²) in [6, 6.07) is 33.6. The Kier molecular flexibility index (Phi) is 4.81. The highest BCUT2D eigenvalue weighted by atomic mass is 31.2. The molecule has 0 aromatic heterocycles. The molecule has 3 aromatic carbocycles. The number of rotatable bonds is 5. The lowest BCUT2D eigenvalue weighted by molar-refractivity contribution is 0.927. The zero-order valence-electron chi connectivity index (χ0n) is 14.5. The van der Waals surface area contributed by atoms with Gasteiger partial charge in [-0.15, -0.1) is 0 Å². The van der Waals surface area contributed by atoms with Crippen molar-refractivity contribution >= 4 is 17.9 Å². The number of allylic oxidation sites excluding steroid dienone is 2. The van der Waals surface area contributed by atoms with Gasteiger partial charge in [-0.3, -0.25) is 0 Å². The first-order chi connectivity index (χ1) is 12.4. The van der Waals surface area contributed by atoms with Crippen molar-refractivity contribution in [2.24, 2.45) is 0 Å². The van der Waals surface area contributed by atoms with E-state index in [1.807, 2.05) is 0 Å². The summed E-state index contributed by atoms with van der Waals surface area (Å²) in [5.74, 6) is 0. The maximum atomic E-state index is 2.50. The molecule has 0 N–H and O–H groups in total. The lowest BCUT2D eigenvalue weighted by atomic mass is 10.2. The van der Waals surface area contributed by atoms with Crippen molar-refractivity contribution in [3.63, 3.8) is 0 Å². The van der Waals surface area contributed by atoms with Crippen LogP contribution in [0.3, 0.4) is 0 Å². The predicted molar refractivity (Wildman–Crippen MR) is 111 cm³/mol. The standard InChI is InChI=1S/C24H24P/c1-4-12-21(13-5-1)20-25(24-18-10-11-19-24,22-14-6-2-7-15-22)23-16-8-3-9-17-23/h1-10,12-18,24H,11,19-20H2/q+1/t24-/m1/s1. The largest absolute Gasteiger partial charge is 0.100 e. The quantitative estimate of drug-likeness (QED) is 0.419. The molecule has 1 aliphatic carbocycles. The highest BCUT2D eigenvalue weighted by molar-refractivity contribution is 7.89. The second-order valence-corrected chi connectivity index (χ2v) is 10.5. The average molecular weight is 343 g/mol. The van der Waals surface area contributed by atoms with E-state index in [4.69, 9.17) is 0 Å². The van der Waals surface area contributed by atoms with Gasteiger partial charge < -0.3 is 0 Å². The van der Waals surface area contributed by atoms with Crippen LogP contribution in [0.15, 0.2) is 103 Å². The number of hydrogen-bond donors (Lipinski definition) is 0. The van der Waals surface area contributed by atoms with E-state index in [2.05, 4.69) is 103 Å². The van der Waals surface area contributed by atoms with Crippen LogP contribution in [0.1, 0.15) is 18.4 Å². The molecule has 0 saturated carbocycles. The van der Waals surface area contributed by atoms with E-state index in [0.717, 1.165) is 6.16 Å². The summed E-state index contributed by atoms with van der Waals surface area (Å²) in [6.07, 6.45) is 8.50. The molecular formula is C24H24P+. The topological polar surface area (TPSA) is 0 Å². The van der Waals surface area contributed by atoms with Gasteiger partial charge in [0.05, 0.1) is 19.1 Å². The minimum absolute atomic E-state index is 0.637. The third kappa shape index (κ3) is 3.20. The van der Waals surface area contributed by atoms with Crippen LogP contribution < -0.4 is 10.6 Å². The SMILES string of the molecule is C1=C[C@@H]([P+](Cc2ccccc2)(c2ccccc2)c2ccccc2)CC1. The fraction of sp³-hybridized carbons (Fsp3) is 0.167. The fourth-order valence-corrected chi connectivity index (χ4v) is 8.94. The fourth-order valence-electron chi connectivity index (χ4n) is 4.08. The molecular weight excluding hydrogens is 319 g/mol. The molecule has 0 aliphatic heterocycles. The second-order valence-electron chi connectivity index (χ2n) is 6.76. The number of hydrogen-bond acceptors (Lipinski definition) is 0. The van der Waals surface area contributed by atoms with Gasteiger partial charge in [0.25, 0.3) is 0 Å². The molecule has 0 amide bonds. The first-order valence-electron chi connectivity index (χ1n) is 9.09. The van der Waals surface area contributed by atoms with Crippen LogP contribution in [0.4, 0.5) is 0 Å². The van der Waals surface area contributed by atoms with Crippen molar-refractivity contribution in [3.8, 4) is 0 Å². The van der Waals surface area contributed by atoms with Crippen molar-refractivity contribution in [2.45, 2.75) is 24.7 Å². The Morgan fingerprint density at radius 2 is 1.20 bits per heavy atom. The van der Waals surface area contributed by atoms with Gasteiger partial charge in [-0.1, -0.05) is 72.8 Å². The first-order valence-corrected chi connectivity index (χ1v) is 11.1. The maximum absolute atomic E-state index is 2.50. The summed E-state index contributed by atoms with van der Waals surface area (Å²) in [4.78, 5) is 0. The zero-order valence-corrected chi connectivity index (χ0v) is 15.4. The van der Waals surface area contributed by atoms with Crippen LogP contribution in [0.5, 0.6) is 0 Å². The van der Waals surface area contributed by atoms with Crippen molar-refractivity contribution in [1.29, 1.82) is 0 Å². The van der Waals surface area contributed by atoms with E-state index < -0.39 is 7.26 Å². The van der Waals surface area contributed by atoms with E-state index in [1.54, 1.807) is 0 Å². The van der Waals surface area contributed by atoms with E-state index in [0.29, 0.717) is 5.66 Å². The molecule has 3 aromatic rings. The Morgan fingerprint density at radius 1 is 0.680 bits per heavy atom. The van der Waals surface area contributed by atoms with Gasteiger partial charge in [-0.05, 0) is 48.7 Å². The van der Waals surface area contributed by atoms with Crippen LogP contribution in [0, 0.1) is 0 Å². The molecule has 0 nitrogen and oxygen atoms in total. The van der Waals surface area contributed by atoms with Crippen LogP contribution in [-0.4, -0.2) is 5.66 Å². The van der Waals surface area contributed by atoms with Crippen molar-refractivity contribution in [2.75, 3.05) is 0 Å². The highest BCUT2D eigenvalue weighted by Crippen LogP contribution is 2.65. The van der Waals surface area contributed by atoms with Gasteiger partial charge in [0.1, 0.15) is 10.6 Å². The Hall–Kier alpha value is -2.17. The molecule has 0 heterocycles. The minimum atomic E-state index is -1.56.